The summed E-state index contributed by atoms with van der Waals surface area (Å²) in [7, 11) is 0. The monoisotopic (exact) mass is 249 g/mol. The van der Waals surface area contributed by atoms with E-state index in [1.54, 1.807) is 0 Å². The van der Waals surface area contributed by atoms with E-state index in [-0.39, 0.29) is 5.54 Å². The van der Waals surface area contributed by atoms with Crippen molar-refractivity contribution in [3.63, 3.8) is 0 Å². The molecule has 2 aliphatic rings. The van der Waals surface area contributed by atoms with Crippen LogP contribution in [0, 0.1) is 5.92 Å². The van der Waals surface area contributed by atoms with E-state index in [1.807, 2.05) is 12.1 Å². The van der Waals surface area contributed by atoms with Crippen LogP contribution in [0.5, 0.6) is 0 Å². The average molecular weight is 250 g/mol. The van der Waals surface area contributed by atoms with Crippen molar-refractivity contribution in [2.45, 2.75) is 44.7 Å². The number of rotatable bonds is 1. The molecule has 1 heterocycles. The number of hydrogen-bond donors (Lipinski definition) is 0. The predicted octanol–water partition coefficient (Wildman–Crippen LogP) is 4.40. The second-order valence-electron chi connectivity index (χ2n) is 5.52. The van der Waals surface area contributed by atoms with E-state index in [2.05, 4.69) is 30.7 Å². The van der Waals surface area contributed by atoms with E-state index in [4.69, 9.17) is 16.7 Å². The van der Waals surface area contributed by atoms with Gasteiger partial charge in [0.1, 0.15) is 5.54 Å². The molecule has 0 N–H and O–H groups in total. The van der Waals surface area contributed by atoms with Crippen LogP contribution >= 0.6 is 11.6 Å². The van der Waals surface area contributed by atoms with E-state index in [1.165, 1.54) is 19.3 Å². The quantitative estimate of drug-likeness (QED) is 0.656. The van der Waals surface area contributed by atoms with Gasteiger partial charge in [-0.2, -0.15) is 0 Å². The maximum absolute atomic E-state index is 5.93. The third-order valence-electron chi connectivity index (χ3n) is 4.39. The van der Waals surface area contributed by atoms with Gasteiger partial charge in [0, 0.05) is 24.1 Å². The van der Waals surface area contributed by atoms with E-state index in [9.17, 15) is 0 Å². The minimum Gasteiger partial charge on any atom is -0.0858 e. The van der Waals surface area contributed by atoms with Crippen LogP contribution in [-0.2, 0) is 0 Å². The van der Waals surface area contributed by atoms with Crippen LogP contribution in [0.2, 0.25) is 5.02 Å². The molecule has 0 bridgehead atoms. The Bertz CT molecular complexity index is 466. The van der Waals surface area contributed by atoms with Crippen molar-refractivity contribution in [1.82, 2.24) is 0 Å². The van der Waals surface area contributed by atoms with Crippen LogP contribution in [0.1, 0.15) is 33.1 Å². The minimum absolute atomic E-state index is 0.166. The second kappa shape index (κ2) is 3.81. The highest BCUT2D eigenvalue weighted by Gasteiger charge is 2.54. The third kappa shape index (κ3) is 1.70. The molecular formula is C14H18ClN2+. The molecule has 0 radical (unpaired) electrons. The smallest absolute Gasteiger partial charge is 0.0858 e. The van der Waals surface area contributed by atoms with Gasteiger partial charge in [0.15, 0.2) is 6.04 Å². The predicted molar refractivity (Wildman–Crippen MR) is 69.0 cm³/mol. The Labute approximate surface area is 107 Å². The third-order valence-corrected chi connectivity index (χ3v) is 4.64. The zero-order valence-corrected chi connectivity index (χ0v) is 11.1. The van der Waals surface area contributed by atoms with Gasteiger partial charge < -0.3 is 0 Å². The molecule has 2 nitrogen and oxygen atoms in total. The molecule has 90 valence electrons. The first-order chi connectivity index (χ1) is 8.10. The summed E-state index contributed by atoms with van der Waals surface area (Å²) in [4.78, 5) is 0. The first-order valence-electron chi connectivity index (χ1n) is 6.38. The molecule has 1 saturated carbocycles. The van der Waals surface area contributed by atoms with Crippen molar-refractivity contribution in [1.29, 1.82) is 0 Å². The van der Waals surface area contributed by atoms with Gasteiger partial charge >= 0.3 is 0 Å². The fourth-order valence-corrected chi connectivity index (χ4v) is 3.58. The highest BCUT2D eigenvalue weighted by atomic mass is 35.5. The molecule has 0 spiro atoms. The summed E-state index contributed by atoms with van der Waals surface area (Å²) in [6, 6.07) is 8.51. The Hall–Kier alpha value is -0.890. The highest BCUT2D eigenvalue weighted by molar-refractivity contribution is 6.30. The molecule has 3 atom stereocenters. The molecule has 3 rings (SSSR count). The SMILES string of the molecule is C[C@@H]1[C@@H]2CCC[C@]2(C)N=[N+]1c1ccc(Cl)cc1. The van der Waals surface area contributed by atoms with Gasteiger partial charge in [-0.1, -0.05) is 22.7 Å². The summed E-state index contributed by atoms with van der Waals surface area (Å²) in [6.07, 6.45) is 3.86. The molecule has 0 amide bonds. The zero-order valence-electron chi connectivity index (χ0n) is 10.4. The topological polar surface area (TPSA) is 15.4 Å². The Kier molecular flexibility index (Phi) is 2.51. The number of nitrogens with zero attached hydrogens (tertiary/aromatic N) is 2. The first kappa shape index (κ1) is 11.2. The zero-order chi connectivity index (χ0) is 12.0. The summed E-state index contributed by atoms with van der Waals surface area (Å²) in [5, 5.41) is 5.74. The fraction of sp³-hybridized carbons (Fsp3) is 0.571. The largest absolute Gasteiger partial charge is 0.231 e. The average Bonchev–Trinajstić information content (AvgIpc) is 2.78. The molecule has 1 aromatic rings. The lowest BCUT2D eigenvalue weighted by Crippen LogP contribution is -2.29. The van der Waals surface area contributed by atoms with Crippen molar-refractivity contribution in [2.75, 3.05) is 0 Å². The Morgan fingerprint density at radius 1 is 1.35 bits per heavy atom. The molecule has 1 fully saturated rings. The summed E-state index contributed by atoms with van der Waals surface area (Å²) < 4.78 is 2.19. The lowest BCUT2D eigenvalue weighted by Gasteiger charge is -2.15. The summed E-state index contributed by atoms with van der Waals surface area (Å²) in [5.74, 6) is 0.707. The lowest BCUT2D eigenvalue weighted by molar-refractivity contribution is -0.539. The van der Waals surface area contributed by atoms with Gasteiger partial charge in [-0.05, 0) is 37.0 Å². The molecule has 1 aromatic carbocycles. The first-order valence-corrected chi connectivity index (χ1v) is 6.75. The van der Waals surface area contributed by atoms with Crippen LogP contribution in [0.4, 0.5) is 5.69 Å². The Morgan fingerprint density at radius 3 is 2.71 bits per heavy atom. The summed E-state index contributed by atoms with van der Waals surface area (Å²) in [5.41, 5.74) is 1.33. The highest BCUT2D eigenvalue weighted by Crippen LogP contribution is 2.47. The van der Waals surface area contributed by atoms with E-state index >= 15 is 0 Å². The molecule has 17 heavy (non-hydrogen) atoms. The van der Waals surface area contributed by atoms with Crippen molar-refractivity contribution < 1.29 is 4.70 Å². The Morgan fingerprint density at radius 2 is 2.06 bits per heavy atom. The minimum atomic E-state index is 0.166. The van der Waals surface area contributed by atoms with Gasteiger partial charge in [-0.3, -0.25) is 0 Å². The second-order valence-corrected chi connectivity index (χ2v) is 5.95. The number of hydrogen-bond acceptors (Lipinski definition) is 1. The van der Waals surface area contributed by atoms with Crippen LogP contribution in [-0.4, -0.2) is 16.3 Å². The molecular weight excluding hydrogens is 232 g/mol. The molecule has 1 aliphatic carbocycles. The normalized spacial score (nSPS) is 35.8. The standard InChI is InChI=1S/C14H18ClN2/c1-10-13-4-3-9-14(13,2)16-17(10)12-7-5-11(15)6-8-12/h5-8,10,13H,3-4,9H2,1-2H3/q+1/t10-,13+,14+/m1/s1. The van der Waals surface area contributed by atoms with Crippen molar-refractivity contribution in [3.8, 4) is 0 Å². The number of azo groups is 2. The van der Waals surface area contributed by atoms with E-state index < -0.39 is 0 Å². The number of halogens is 1. The van der Waals surface area contributed by atoms with E-state index in [0.29, 0.717) is 12.0 Å². The van der Waals surface area contributed by atoms with Crippen LogP contribution in [0.25, 0.3) is 0 Å². The maximum Gasteiger partial charge on any atom is 0.231 e. The van der Waals surface area contributed by atoms with Crippen molar-refractivity contribution in [3.05, 3.63) is 29.3 Å². The summed E-state index contributed by atoms with van der Waals surface area (Å²) in [6.45, 7) is 4.59. The Balaban J connectivity index is 1.99. The molecule has 0 aromatic heterocycles. The summed E-state index contributed by atoms with van der Waals surface area (Å²) >= 11 is 5.93. The molecule has 1 aliphatic heterocycles. The van der Waals surface area contributed by atoms with Gasteiger partial charge in [0.2, 0.25) is 5.69 Å². The van der Waals surface area contributed by atoms with E-state index in [0.717, 1.165) is 10.7 Å². The molecule has 3 heteroatoms. The van der Waals surface area contributed by atoms with Crippen molar-refractivity contribution in [2.24, 2.45) is 11.0 Å². The maximum atomic E-state index is 5.93. The number of fused-ring (bicyclic) bond motifs is 1. The molecule has 0 saturated heterocycles. The van der Waals surface area contributed by atoms with Gasteiger partial charge in [0.05, 0.1) is 5.92 Å². The lowest BCUT2D eigenvalue weighted by atomic mass is 9.86. The van der Waals surface area contributed by atoms with Crippen LogP contribution in [0.3, 0.4) is 0 Å². The van der Waals surface area contributed by atoms with Gasteiger partial charge in [-0.15, -0.1) is 0 Å². The molecule has 0 unspecified atom stereocenters. The van der Waals surface area contributed by atoms with Crippen molar-refractivity contribution >= 4 is 17.3 Å². The van der Waals surface area contributed by atoms with Crippen LogP contribution in [0.15, 0.2) is 29.4 Å². The fourth-order valence-electron chi connectivity index (χ4n) is 3.46. The van der Waals surface area contributed by atoms with Crippen LogP contribution < -0.4 is 0 Å². The van der Waals surface area contributed by atoms with Gasteiger partial charge in [-0.25, -0.2) is 0 Å². The van der Waals surface area contributed by atoms with Gasteiger partial charge in [0.25, 0.3) is 0 Å². The number of benzene rings is 1.